The number of aryl methyl sites for hydroxylation is 1. The lowest BCUT2D eigenvalue weighted by molar-refractivity contribution is 0.566. The summed E-state index contributed by atoms with van der Waals surface area (Å²) in [5.41, 5.74) is 4.59. The number of nitrogens with zero attached hydrogens (tertiary/aromatic N) is 1. The van der Waals surface area contributed by atoms with Crippen LogP contribution in [0.2, 0.25) is 5.02 Å². The van der Waals surface area contributed by atoms with Crippen LogP contribution in [-0.2, 0) is 10.0 Å². The number of hydrogen-bond acceptors (Lipinski definition) is 3. The zero-order chi connectivity index (χ0) is 19.6. The van der Waals surface area contributed by atoms with Gasteiger partial charge in [0.2, 0.25) is 10.0 Å². The molecular formula is C21H21ClN2O2S. The van der Waals surface area contributed by atoms with Gasteiger partial charge < -0.3 is 0 Å². The first kappa shape index (κ1) is 19.5. The fourth-order valence-corrected chi connectivity index (χ4v) is 4.75. The van der Waals surface area contributed by atoms with Gasteiger partial charge in [0.05, 0.1) is 4.90 Å². The molecule has 1 atom stereocenters. The highest BCUT2D eigenvalue weighted by atomic mass is 35.5. The molecule has 0 aliphatic carbocycles. The van der Waals surface area contributed by atoms with Crippen molar-refractivity contribution in [3.63, 3.8) is 0 Å². The third-order valence-electron chi connectivity index (χ3n) is 4.56. The van der Waals surface area contributed by atoms with E-state index in [-0.39, 0.29) is 4.90 Å². The van der Waals surface area contributed by atoms with E-state index in [4.69, 9.17) is 11.6 Å². The molecule has 0 spiro atoms. The van der Waals surface area contributed by atoms with E-state index >= 15 is 0 Å². The van der Waals surface area contributed by atoms with Crippen LogP contribution in [0.4, 0.5) is 0 Å². The summed E-state index contributed by atoms with van der Waals surface area (Å²) < 4.78 is 28.4. The van der Waals surface area contributed by atoms with Crippen molar-refractivity contribution in [2.45, 2.75) is 31.7 Å². The Morgan fingerprint density at radius 3 is 2.56 bits per heavy atom. The SMILES string of the molecule is Cc1cnccc1-c1cccc([C@H](C)NS(=O)(=O)c2cccc(Cl)c2C)c1. The van der Waals surface area contributed by atoms with E-state index in [1.807, 2.05) is 50.4 Å². The molecule has 140 valence electrons. The second kappa shape index (κ2) is 7.80. The van der Waals surface area contributed by atoms with Crippen LogP contribution in [0.25, 0.3) is 11.1 Å². The Hall–Kier alpha value is -2.21. The Balaban J connectivity index is 1.91. The summed E-state index contributed by atoms with van der Waals surface area (Å²) in [6.45, 7) is 5.54. The van der Waals surface area contributed by atoms with Gasteiger partial charge in [0.1, 0.15) is 0 Å². The van der Waals surface area contributed by atoms with Crippen molar-refractivity contribution >= 4 is 21.6 Å². The fourth-order valence-electron chi connectivity index (χ4n) is 3.02. The summed E-state index contributed by atoms with van der Waals surface area (Å²) in [4.78, 5) is 4.32. The second-order valence-corrected chi connectivity index (χ2v) is 8.61. The van der Waals surface area contributed by atoms with E-state index in [1.54, 1.807) is 31.3 Å². The van der Waals surface area contributed by atoms with Gasteiger partial charge in [-0.15, -0.1) is 0 Å². The van der Waals surface area contributed by atoms with Gasteiger partial charge in [0.15, 0.2) is 0 Å². The Labute approximate surface area is 165 Å². The number of hydrogen-bond donors (Lipinski definition) is 1. The summed E-state index contributed by atoms with van der Waals surface area (Å²) in [6, 6.07) is 14.3. The van der Waals surface area contributed by atoms with Crippen LogP contribution in [0.1, 0.15) is 29.7 Å². The maximum absolute atomic E-state index is 12.8. The zero-order valence-corrected chi connectivity index (χ0v) is 17.0. The van der Waals surface area contributed by atoms with Crippen molar-refractivity contribution in [3.8, 4) is 11.1 Å². The quantitative estimate of drug-likeness (QED) is 0.651. The maximum atomic E-state index is 12.8. The standard InChI is InChI=1S/C21H21ClN2O2S/c1-14-13-23-11-10-19(14)18-7-4-6-17(12-18)16(3)24-27(25,26)21-9-5-8-20(22)15(21)2/h4-13,16,24H,1-3H3/t16-/m0/s1. The summed E-state index contributed by atoms with van der Waals surface area (Å²) >= 11 is 6.08. The maximum Gasteiger partial charge on any atom is 0.241 e. The predicted octanol–water partition coefficient (Wildman–Crippen LogP) is 5.06. The first-order chi connectivity index (χ1) is 12.8. The first-order valence-corrected chi connectivity index (χ1v) is 10.4. The molecule has 1 heterocycles. The minimum absolute atomic E-state index is 0.197. The number of aromatic nitrogens is 1. The first-order valence-electron chi connectivity index (χ1n) is 8.58. The number of halogens is 1. The number of pyridine rings is 1. The summed E-state index contributed by atoms with van der Waals surface area (Å²) in [5.74, 6) is 0. The van der Waals surface area contributed by atoms with Crippen molar-refractivity contribution < 1.29 is 8.42 Å². The van der Waals surface area contributed by atoms with E-state index in [0.29, 0.717) is 10.6 Å². The van der Waals surface area contributed by atoms with Gasteiger partial charge in [-0.3, -0.25) is 4.98 Å². The van der Waals surface area contributed by atoms with Crippen LogP contribution in [-0.4, -0.2) is 13.4 Å². The highest BCUT2D eigenvalue weighted by Crippen LogP contribution is 2.27. The van der Waals surface area contributed by atoms with E-state index in [9.17, 15) is 8.42 Å². The smallest absolute Gasteiger partial charge is 0.241 e. The van der Waals surface area contributed by atoms with Crippen molar-refractivity contribution in [2.75, 3.05) is 0 Å². The van der Waals surface area contributed by atoms with E-state index in [0.717, 1.165) is 22.3 Å². The van der Waals surface area contributed by atoms with Crippen molar-refractivity contribution in [1.82, 2.24) is 9.71 Å². The minimum atomic E-state index is -3.69. The monoisotopic (exact) mass is 400 g/mol. The van der Waals surface area contributed by atoms with Gasteiger partial charge >= 0.3 is 0 Å². The molecule has 0 aliphatic rings. The molecule has 3 rings (SSSR count). The van der Waals surface area contributed by atoms with Crippen LogP contribution >= 0.6 is 11.6 Å². The third kappa shape index (κ3) is 4.21. The minimum Gasteiger partial charge on any atom is -0.264 e. The van der Waals surface area contributed by atoms with Gasteiger partial charge in [-0.05, 0) is 72.9 Å². The van der Waals surface area contributed by atoms with Crippen LogP contribution in [0, 0.1) is 13.8 Å². The zero-order valence-electron chi connectivity index (χ0n) is 15.4. The third-order valence-corrected chi connectivity index (χ3v) is 6.65. The number of sulfonamides is 1. The highest BCUT2D eigenvalue weighted by Gasteiger charge is 2.21. The van der Waals surface area contributed by atoms with Crippen molar-refractivity contribution in [2.24, 2.45) is 0 Å². The molecule has 0 amide bonds. The Morgan fingerprint density at radius 1 is 1.07 bits per heavy atom. The van der Waals surface area contributed by atoms with Gasteiger partial charge in [0.25, 0.3) is 0 Å². The molecule has 0 bridgehead atoms. The molecule has 0 saturated carbocycles. The molecule has 0 fully saturated rings. The molecule has 0 radical (unpaired) electrons. The van der Waals surface area contributed by atoms with Crippen molar-refractivity contribution in [3.05, 3.63) is 82.6 Å². The molecule has 0 aliphatic heterocycles. The Morgan fingerprint density at radius 2 is 1.81 bits per heavy atom. The summed E-state index contributed by atoms with van der Waals surface area (Å²) in [7, 11) is -3.69. The van der Waals surface area contributed by atoms with Gasteiger partial charge in [-0.1, -0.05) is 35.9 Å². The molecule has 27 heavy (non-hydrogen) atoms. The molecular weight excluding hydrogens is 380 g/mol. The lowest BCUT2D eigenvalue weighted by Gasteiger charge is -2.17. The molecule has 0 saturated heterocycles. The van der Waals surface area contributed by atoms with Crippen LogP contribution in [0.3, 0.4) is 0 Å². The van der Waals surface area contributed by atoms with Gasteiger partial charge in [-0.25, -0.2) is 13.1 Å². The second-order valence-electron chi connectivity index (χ2n) is 6.52. The predicted molar refractivity (Wildman–Crippen MR) is 109 cm³/mol. The number of nitrogens with one attached hydrogen (secondary N) is 1. The number of benzene rings is 2. The van der Waals surface area contributed by atoms with Crippen LogP contribution in [0.15, 0.2) is 65.8 Å². The lowest BCUT2D eigenvalue weighted by atomic mass is 9.99. The molecule has 4 nitrogen and oxygen atoms in total. The fraction of sp³-hybridized carbons (Fsp3) is 0.190. The largest absolute Gasteiger partial charge is 0.264 e. The van der Waals surface area contributed by atoms with E-state index < -0.39 is 16.1 Å². The Bertz CT molecular complexity index is 1080. The van der Waals surface area contributed by atoms with Gasteiger partial charge in [0, 0.05) is 23.5 Å². The lowest BCUT2D eigenvalue weighted by Crippen LogP contribution is -2.27. The van der Waals surface area contributed by atoms with Crippen LogP contribution in [0.5, 0.6) is 0 Å². The summed E-state index contributed by atoms with van der Waals surface area (Å²) in [6.07, 6.45) is 3.57. The highest BCUT2D eigenvalue weighted by molar-refractivity contribution is 7.89. The average Bonchev–Trinajstić information content (AvgIpc) is 2.64. The topological polar surface area (TPSA) is 59.1 Å². The molecule has 1 aromatic heterocycles. The molecule has 3 aromatic rings. The molecule has 2 aromatic carbocycles. The van der Waals surface area contributed by atoms with Gasteiger partial charge in [-0.2, -0.15) is 0 Å². The number of rotatable bonds is 5. The van der Waals surface area contributed by atoms with E-state index in [2.05, 4.69) is 9.71 Å². The summed E-state index contributed by atoms with van der Waals surface area (Å²) in [5, 5.41) is 0.431. The van der Waals surface area contributed by atoms with Crippen LogP contribution < -0.4 is 4.72 Å². The Kier molecular flexibility index (Phi) is 5.65. The normalized spacial score (nSPS) is 12.7. The molecule has 6 heteroatoms. The average molecular weight is 401 g/mol. The van der Waals surface area contributed by atoms with E-state index in [1.165, 1.54) is 0 Å². The molecule has 1 N–H and O–H groups in total. The van der Waals surface area contributed by atoms with Crippen molar-refractivity contribution in [1.29, 1.82) is 0 Å². The molecule has 0 unspecified atom stereocenters.